The van der Waals surface area contributed by atoms with Gasteiger partial charge in [-0.05, 0) is 25.5 Å². The minimum absolute atomic E-state index is 0. The van der Waals surface area contributed by atoms with Crippen LogP contribution in [0.25, 0.3) is 0 Å². The molecule has 1 aliphatic heterocycles. The van der Waals surface area contributed by atoms with Crippen molar-refractivity contribution in [2.45, 2.75) is 32.0 Å². The SMILES string of the molecule is CNC1CCN(C(=O)Cn2c(=O)ccn(Cc3ccccc3)c2=O)CC1.Cl. The highest BCUT2D eigenvalue weighted by molar-refractivity contribution is 5.85. The van der Waals surface area contributed by atoms with Gasteiger partial charge < -0.3 is 10.2 Å². The Bertz CT molecular complexity index is 871. The van der Waals surface area contributed by atoms with Crippen molar-refractivity contribution in [3.63, 3.8) is 0 Å². The van der Waals surface area contributed by atoms with Crippen LogP contribution < -0.4 is 16.6 Å². The zero-order chi connectivity index (χ0) is 18.5. The molecule has 8 heteroatoms. The molecule has 0 atom stereocenters. The standard InChI is InChI=1S/C19H24N4O3.ClH/c1-20-16-7-10-21(11-8-16)18(25)14-23-17(24)9-12-22(19(23)26)13-15-5-3-2-4-6-15;/h2-6,9,12,16,20H,7-8,10-11,13-14H2,1H3;1H. The van der Waals surface area contributed by atoms with Crippen molar-refractivity contribution in [1.29, 1.82) is 0 Å². The highest BCUT2D eigenvalue weighted by atomic mass is 35.5. The van der Waals surface area contributed by atoms with E-state index in [0.29, 0.717) is 25.7 Å². The third kappa shape index (κ3) is 5.08. The summed E-state index contributed by atoms with van der Waals surface area (Å²) in [5.74, 6) is -0.184. The van der Waals surface area contributed by atoms with Gasteiger partial charge in [0.2, 0.25) is 5.91 Å². The molecule has 0 saturated carbocycles. The van der Waals surface area contributed by atoms with Gasteiger partial charge in [-0.15, -0.1) is 12.4 Å². The predicted molar refractivity (Wildman–Crippen MR) is 106 cm³/mol. The van der Waals surface area contributed by atoms with Crippen LogP contribution in [-0.2, 0) is 17.9 Å². The monoisotopic (exact) mass is 392 g/mol. The molecule has 2 heterocycles. The quantitative estimate of drug-likeness (QED) is 0.812. The molecule has 1 fully saturated rings. The number of hydrogen-bond donors (Lipinski definition) is 1. The smallest absolute Gasteiger partial charge is 0.331 e. The first-order valence-corrected chi connectivity index (χ1v) is 8.87. The largest absolute Gasteiger partial charge is 0.341 e. The Morgan fingerprint density at radius 2 is 1.78 bits per heavy atom. The van der Waals surface area contributed by atoms with E-state index in [0.717, 1.165) is 23.0 Å². The van der Waals surface area contributed by atoms with Crippen molar-refractivity contribution in [2.75, 3.05) is 20.1 Å². The number of nitrogens with zero attached hydrogens (tertiary/aromatic N) is 3. The Labute approximate surface area is 164 Å². The second-order valence-electron chi connectivity index (χ2n) is 6.58. The van der Waals surface area contributed by atoms with Crippen molar-refractivity contribution in [3.05, 3.63) is 69.0 Å². The van der Waals surface area contributed by atoms with E-state index in [9.17, 15) is 14.4 Å². The van der Waals surface area contributed by atoms with Crippen LogP contribution in [0.15, 0.2) is 52.2 Å². The number of rotatable bonds is 5. The summed E-state index contributed by atoms with van der Waals surface area (Å²) in [7, 11) is 1.92. The zero-order valence-electron chi connectivity index (χ0n) is 15.3. The van der Waals surface area contributed by atoms with Crippen LogP contribution in [0.3, 0.4) is 0 Å². The maximum atomic E-state index is 12.7. The van der Waals surface area contributed by atoms with Crippen molar-refractivity contribution >= 4 is 18.3 Å². The van der Waals surface area contributed by atoms with Crippen LogP contribution in [0.4, 0.5) is 0 Å². The number of hydrogen-bond acceptors (Lipinski definition) is 4. The summed E-state index contributed by atoms with van der Waals surface area (Å²) < 4.78 is 2.48. The lowest BCUT2D eigenvalue weighted by molar-refractivity contribution is -0.133. The molecular weight excluding hydrogens is 368 g/mol. The van der Waals surface area contributed by atoms with E-state index >= 15 is 0 Å². The molecule has 0 bridgehead atoms. The molecule has 1 saturated heterocycles. The van der Waals surface area contributed by atoms with Crippen LogP contribution >= 0.6 is 12.4 Å². The predicted octanol–water partition coefficient (Wildman–Crippen LogP) is 0.690. The van der Waals surface area contributed by atoms with E-state index in [1.54, 1.807) is 4.90 Å². The van der Waals surface area contributed by atoms with E-state index < -0.39 is 11.2 Å². The van der Waals surface area contributed by atoms with E-state index in [2.05, 4.69) is 5.32 Å². The molecule has 1 aliphatic rings. The van der Waals surface area contributed by atoms with E-state index in [1.165, 1.54) is 16.8 Å². The molecule has 1 aromatic carbocycles. The van der Waals surface area contributed by atoms with Gasteiger partial charge in [-0.2, -0.15) is 0 Å². The topological polar surface area (TPSA) is 76.3 Å². The first kappa shape index (κ1) is 20.9. The minimum Gasteiger partial charge on any atom is -0.341 e. The second-order valence-corrected chi connectivity index (χ2v) is 6.58. The molecular formula is C19H25ClN4O3. The number of likely N-dealkylation sites (tertiary alicyclic amines) is 1. The summed E-state index contributed by atoms with van der Waals surface area (Å²) in [5, 5.41) is 3.22. The molecule has 0 unspecified atom stereocenters. The Balaban J connectivity index is 0.00000261. The van der Waals surface area contributed by atoms with E-state index in [-0.39, 0.29) is 24.9 Å². The fourth-order valence-corrected chi connectivity index (χ4v) is 3.26. The molecule has 1 aromatic heterocycles. The number of nitrogens with one attached hydrogen (secondary N) is 1. The molecule has 1 amide bonds. The molecule has 27 heavy (non-hydrogen) atoms. The number of halogens is 1. The lowest BCUT2D eigenvalue weighted by atomic mass is 10.1. The summed E-state index contributed by atoms with van der Waals surface area (Å²) in [6, 6.07) is 11.3. The average Bonchev–Trinajstić information content (AvgIpc) is 2.68. The number of carbonyl (C=O) groups is 1. The molecule has 0 radical (unpaired) electrons. The minimum atomic E-state index is -0.459. The van der Waals surface area contributed by atoms with Crippen LogP contribution in [-0.4, -0.2) is 46.1 Å². The van der Waals surface area contributed by atoms with Crippen LogP contribution in [0.1, 0.15) is 18.4 Å². The molecule has 146 valence electrons. The van der Waals surface area contributed by atoms with Crippen LogP contribution in [0.2, 0.25) is 0 Å². The summed E-state index contributed by atoms with van der Waals surface area (Å²) in [6.07, 6.45) is 3.24. The number of aromatic nitrogens is 2. The van der Waals surface area contributed by atoms with Crippen molar-refractivity contribution in [3.8, 4) is 0 Å². The Morgan fingerprint density at radius 3 is 2.41 bits per heavy atom. The first-order valence-electron chi connectivity index (χ1n) is 8.87. The van der Waals surface area contributed by atoms with Crippen LogP contribution in [0.5, 0.6) is 0 Å². The van der Waals surface area contributed by atoms with Gasteiger partial charge in [-0.3, -0.25) is 18.7 Å². The van der Waals surface area contributed by atoms with Gasteiger partial charge in [-0.25, -0.2) is 4.79 Å². The van der Waals surface area contributed by atoms with Crippen LogP contribution in [0, 0.1) is 0 Å². The summed E-state index contributed by atoms with van der Waals surface area (Å²) >= 11 is 0. The molecule has 1 N–H and O–H groups in total. The maximum absolute atomic E-state index is 12.7. The third-order valence-electron chi connectivity index (χ3n) is 4.88. The normalized spacial score (nSPS) is 14.6. The highest BCUT2D eigenvalue weighted by Gasteiger charge is 2.22. The van der Waals surface area contributed by atoms with Gasteiger partial charge in [0.15, 0.2) is 0 Å². The molecule has 3 rings (SSSR count). The van der Waals surface area contributed by atoms with Gasteiger partial charge in [0.1, 0.15) is 6.54 Å². The van der Waals surface area contributed by atoms with E-state index in [4.69, 9.17) is 0 Å². The number of piperidine rings is 1. The Kier molecular flexibility index (Phi) is 7.38. The lowest BCUT2D eigenvalue weighted by Gasteiger charge is -2.31. The number of amides is 1. The van der Waals surface area contributed by atoms with Crippen molar-refractivity contribution < 1.29 is 4.79 Å². The number of carbonyl (C=O) groups excluding carboxylic acids is 1. The molecule has 0 aliphatic carbocycles. The van der Waals surface area contributed by atoms with Gasteiger partial charge in [0.05, 0.1) is 6.54 Å². The average molecular weight is 393 g/mol. The van der Waals surface area contributed by atoms with Gasteiger partial charge in [0.25, 0.3) is 5.56 Å². The lowest BCUT2D eigenvalue weighted by Crippen LogP contribution is -2.48. The highest BCUT2D eigenvalue weighted by Crippen LogP contribution is 2.10. The Morgan fingerprint density at radius 1 is 1.11 bits per heavy atom. The van der Waals surface area contributed by atoms with Gasteiger partial charge >= 0.3 is 5.69 Å². The zero-order valence-corrected chi connectivity index (χ0v) is 16.2. The number of benzene rings is 1. The van der Waals surface area contributed by atoms with Crippen molar-refractivity contribution in [2.24, 2.45) is 0 Å². The summed E-state index contributed by atoms with van der Waals surface area (Å²) in [5.41, 5.74) is 0.0536. The molecule has 0 spiro atoms. The van der Waals surface area contributed by atoms with Gasteiger partial charge in [-0.1, -0.05) is 30.3 Å². The van der Waals surface area contributed by atoms with E-state index in [1.807, 2.05) is 37.4 Å². The molecule has 2 aromatic rings. The first-order chi connectivity index (χ1) is 12.6. The fraction of sp³-hybridized carbons (Fsp3) is 0.421. The summed E-state index contributed by atoms with van der Waals surface area (Å²) in [6.45, 7) is 1.44. The fourth-order valence-electron chi connectivity index (χ4n) is 3.26. The molecule has 7 nitrogen and oxygen atoms in total. The van der Waals surface area contributed by atoms with Gasteiger partial charge in [0, 0.05) is 31.4 Å². The van der Waals surface area contributed by atoms with Crippen molar-refractivity contribution in [1.82, 2.24) is 19.4 Å². The third-order valence-corrected chi connectivity index (χ3v) is 4.88. The summed E-state index contributed by atoms with van der Waals surface area (Å²) in [4.78, 5) is 39.1. The maximum Gasteiger partial charge on any atom is 0.331 e. The second kappa shape index (κ2) is 9.53. The Hall–Kier alpha value is -2.38.